The molecule has 4 N–H and O–H groups in total. The molecule has 4 bridgehead atoms. The number of nitrogens with zero attached hydrogens (tertiary/aromatic N) is 2. The van der Waals surface area contributed by atoms with Crippen molar-refractivity contribution < 1.29 is 67.3 Å². The summed E-state index contributed by atoms with van der Waals surface area (Å²) in [5, 5.41) is 30.7. The number of piperazine rings is 1. The molecule has 0 saturated carbocycles. The predicted octanol–water partition coefficient (Wildman–Crippen LogP) is 7.44. The molecule has 7 aliphatic heterocycles. The molecule has 20 heteroatoms. The van der Waals surface area contributed by atoms with Crippen LogP contribution < -0.4 is 39.1 Å². The summed E-state index contributed by atoms with van der Waals surface area (Å²) in [5.74, 6) is 0.620. The SMILES string of the molecule is C=CCOC(=O)NC(CSCC1c2ccccc2-c2ccccc21)C(=O)Oc1cc2c(cc1OC)[C@@]1(CS[C@@H]3c4c(OC(C)=O)c(C)c5c(c4[C@@H](COC1=O)N1C3[C@@H]3c4c(cc(C)c(OC)c4O)C[C@H]([C@@H]1O)N3C)OCO5)NCC2. The van der Waals surface area contributed by atoms with Crippen molar-refractivity contribution in [2.24, 2.45) is 0 Å². The average molecular weight is 1130 g/mol. The van der Waals surface area contributed by atoms with E-state index in [1.807, 2.05) is 56.1 Å². The molecule has 1 amide bonds. The largest absolute Gasteiger partial charge is 0.504 e. The molecule has 2 fully saturated rings. The van der Waals surface area contributed by atoms with Gasteiger partial charge in [0.05, 0.1) is 37.6 Å². The Hall–Kier alpha value is -6.94. The molecule has 8 aliphatic rings. The number of aliphatic hydroxyl groups is 1. The van der Waals surface area contributed by atoms with E-state index in [2.05, 4.69) is 46.4 Å². The summed E-state index contributed by atoms with van der Waals surface area (Å²) in [6.07, 6.45) is 0.331. The Labute approximate surface area is 471 Å². The van der Waals surface area contributed by atoms with E-state index in [1.165, 1.54) is 73.0 Å². The first-order valence-electron chi connectivity index (χ1n) is 26.7. The second-order valence-electron chi connectivity index (χ2n) is 21.2. The van der Waals surface area contributed by atoms with Gasteiger partial charge in [0.2, 0.25) is 6.79 Å². The minimum atomic E-state index is -1.54. The molecule has 0 radical (unpaired) electrons. The summed E-state index contributed by atoms with van der Waals surface area (Å²) in [7, 11) is 4.91. The van der Waals surface area contributed by atoms with Gasteiger partial charge in [-0.15, -0.1) is 11.8 Å². The number of fused-ring (bicyclic) bond motifs is 12. The number of aromatic hydroxyl groups is 1. The Balaban J connectivity index is 0.911. The van der Waals surface area contributed by atoms with Crippen molar-refractivity contribution in [1.82, 2.24) is 20.4 Å². The van der Waals surface area contributed by atoms with Gasteiger partial charge in [0.25, 0.3) is 0 Å². The monoisotopic (exact) mass is 1130 g/mol. The Morgan fingerprint density at radius 2 is 1.69 bits per heavy atom. The minimum absolute atomic E-state index is 0.00125. The zero-order valence-corrected chi connectivity index (χ0v) is 46.8. The van der Waals surface area contributed by atoms with Crippen molar-refractivity contribution in [3.63, 3.8) is 0 Å². The Kier molecular flexibility index (Phi) is 14.2. The second kappa shape index (κ2) is 21.2. The Morgan fingerprint density at radius 1 is 0.950 bits per heavy atom. The van der Waals surface area contributed by atoms with Crippen LogP contribution in [0.25, 0.3) is 11.1 Å². The van der Waals surface area contributed by atoms with Crippen LogP contribution in [0.4, 0.5) is 4.79 Å². The number of carbonyl (C=O) groups excluding carboxylic acids is 4. The smallest absolute Gasteiger partial charge is 0.408 e. The van der Waals surface area contributed by atoms with Gasteiger partial charge >= 0.3 is 24.0 Å². The van der Waals surface area contributed by atoms with Crippen molar-refractivity contribution in [1.29, 1.82) is 0 Å². The maximum Gasteiger partial charge on any atom is 0.408 e. The highest BCUT2D eigenvalue weighted by atomic mass is 32.2. The van der Waals surface area contributed by atoms with Gasteiger partial charge in [-0.05, 0) is 90.4 Å². The number of esters is 3. The highest BCUT2D eigenvalue weighted by Gasteiger charge is 2.61. The molecule has 418 valence electrons. The lowest BCUT2D eigenvalue weighted by Crippen LogP contribution is -2.70. The third kappa shape index (κ3) is 8.63. The summed E-state index contributed by atoms with van der Waals surface area (Å²) < 4.78 is 48.4. The second-order valence-corrected chi connectivity index (χ2v) is 23.4. The van der Waals surface area contributed by atoms with Gasteiger partial charge in [-0.3, -0.25) is 19.9 Å². The van der Waals surface area contributed by atoms with Crippen molar-refractivity contribution in [2.45, 2.75) is 86.8 Å². The molecule has 2 unspecified atom stereocenters. The summed E-state index contributed by atoms with van der Waals surface area (Å²) in [4.78, 5) is 60.3. The summed E-state index contributed by atoms with van der Waals surface area (Å²) in [6, 6.07) is 18.3. The number of aryl methyl sites for hydroxylation is 1. The van der Waals surface area contributed by atoms with Crippen LogP contribution in [-0.4, -0.2) is 133 Å². The van der Waals surface area contributed by atoms with Crippen LogP contribution in [0.15, 0.2) is 79.4 Å². The van der Waals surface area contributed by atoms with Crippen molar-refractivity contribution in [3.05, 3.63) is 135 Å². The third-order valence-corrected chi connectivity index (χ3v) is 19.5. The van der Waals surface area contributed by atoms with Gasteiger partial charge < -0.3 is 53.4 Å². The first kappa shape index (κ1) is 53.7. The van der Waals surface area contributed by atoms with Gasteiger partial charge in [-0.1, -0.05) is 67.3 Å². The fourth-order valence-electron chi connectivity index (χ4n) is 13.5. The standard InChI is InChI=1S/C60H62N4O14S2/c1-8-19-73-59(70)62-40(26-79-25-38-36-15-11-9-13-34(36)35-14-10-12-16-37(35)38)57(68)78-44-22-32-17-18-61-60(39(32)23-43(44)71-6)27-80-55-47-46(54-53(75-28-76-54)30(3)52(47)77-31(4)65)42(24-74-58(60)69)64-49(55)48-45-33(21-41(56(64)67)63(48)5)20-29(2)51(72-7)50(45)66/h8-16,20,22-23,38,40-42,48-49,55-56,61,66-67H,1,17-19,21,24-28H2,2-7H3,(H,62,70)/t40?,41-,42-,48+,49?,55-,56+,60-/m1/s1. The Bertz CT molecular complexity index is 3350. The average Bonchev–Trinajstić information content (AvgIpc) is 4.20. The number of alkyl carbamates (subject to hydrolysis) is 1. The lowest BCUT2D eigenvalue weighted by Gasteiger charge is -2.62. The van der Waals surface area contributed by atoms with Crippen LogP contribution in [0.5, 0.6) is 40.2 Å². The molecule has 5 aromatic carbocycles. The van der Waals surface area contributed by atoms with Crippen LogP contribution in [0, 0.1) is 13.8 Å². The van der Waals surface area contributed by atoms with Crippen LogP contribution in [0.2, 0.25) is 0 Å². The van der Waals surface area contributed by atoms with E-state index >= 15 is 4.79 Å². The minimum Gasteiger partial charge on any atom is -0.504 e. The fourth-order valence-corrected chi connectivity index (χ4v) is 16.3. The van der Waals surface area contributed by atoms with Crippen molar-refractivity contribution >= 4 is 47.5 Å². The number of hydrogen-bond acceptors (Lipinski definition) is 19. The van der Waals surface area contributed by atoms with E-state index < -0.39 is 71.2 Å². The highest BCUT2D eigenvalue weighted by Crippen LogP contribution is 2.65. The van der Waals surface area contributed by atoms with E-state index in [0.717, 1.165) is 11.1 Å². The summed E-state index contributed by atoms with van der Waals surface area (Å²) in [5.41, 5.74) is 8.44. The van der Waals surface area contributed by atoms with Crippen LogP contribution in [-0.2, 0) is 42.2 Å². The number of benzene rings is 5. The van der Waals surface area contributed by atoms with Gasteiger partial charge in [-0.2, -0.15) is 11.8 Å². The summed E-state index contributed by atoms with van der Waals surface area (Å²) >= 11 is 2.93. The molecule has 1 aliphatic carbocycles. The normalized spacial score (nSPS) is 24.4. The van der Waals surface area contributed by atoms with Crippen LogP contribution in [0.3, 0.4) is 0 Å². The van der Waals surface area contributed by atoms with E-state index in [9.17, 15) is 24.6 Å². The first-order chi connectivity index (χ1) is 38.7. The number of ether oxygens (including phenoxy) is 8. The van der Waals surface area contributed by atoms with Crippen LogP contribution in [0.1, 0.15) is 85.8 Å². The van der Waals surface area contributed by atoms with Gasteiger partial charge in [0.1, 0.15) is 31.2 Å². The highest BCUT2D eigenvalue weighted by molar-refractivity contribution is 7.99. The molecule has 1 spiro atoms. The number of thioether (sulfide) groups is 2. The molecular weight excluding hydrogens is 1060 g/mol. The number of methoxy groups -OCH3 is 2. The maximum atomic E-state index is 15.4. The molecule has 2 saturated heterocycles. The number of amides is 1. The zero-order valence-electron chi connectivity index (χ0n) is 45.1. The molecule has 80 heavy (non-hydrogen) atoms. The van der Waals surface area contributed by atoms with Gasteiger partial charge in [-0.25, -0.2) is 14.4 Å². The lowest BCUT2D eigenvalue weighted by atomic mass is 9.73. The molecule has 13 rings (SSSR count). The number of likely N-dealkylation sites (N-methyl/N-ethyl adjacent to an activating group) is 1. The quantitative estimate of drug-likeness (QED) is 0.0543. The fraction of sp³-hybridized carbons (Fsp3) is 0.400. The number of rotatable bonds is 12. The number of phenols is 1. The lowest BCUT2D eigenvalue weighted by molar-refractivity contribution is -0.186. The topological polar surface area (TPSA) is 213 Å². The molecule has 18 nitrogen and oxygen atoms in total. The van der Waals surface area contributed by atoms with Gasteiger partial charge in [0, 0.05) is 64.9 Å². The number of aliphatic hydroxyl groups excluding tert-OH is 1. The third-order valence-electron chi connectivity index (χ3n) is 16.9. The van der Waals surface area contributed by atoms with Crippen LogP contribution >= 0.6 is 23.5 Å². The molecular formula is C60H62N4O14S2. The number of phenolic OH excluding ortho intramolecular Hbond substituents is 1. The molecule has 0 aromatic heterocycles. The zero-order chi connectivity index (χ0) is 55.9. The number of nitrogens with one attached hydrogen (secondary N) is 2. The number of carbonyl (C=O) groups is 4. The van der Waals surface area contributed by atoms with Crippen molar-refractivity contribution in [3.8, 4) is 51.4 Å². The molecule has 8 atom stereocenters. The van der Waals surface area contributed by atoms with Crippen molar-refractivity contribution in [2.75, 3.05) is 65.1 Å². The van der Waals surface area contributed by atoms with Gasteiger partial charge in [0.15, 0.2) is 40.0 Å². The molecule has 7 heterocycles. The maximum absolute atomic E-state index is 15.4. The predicted molar refractivity (Wildman–Crippen MR) is 298 cm³/mol. The Morgan fingerprint density at radius 3 is 2.40 bits per heavy atom. The molecule has 5 aromatic rings. The van der Waals surface area contributed by atoms with E-state index in [0.29, 0.717) is 75.8 Å². The van der Waals surface area contributed by atoms with E-state index in [4.69, 9.17) is 37.9 Å². The number of hydrogen-bond donors (Lipinski definition) is 4. The van der Waals surface area contributed by atoms with E-state index in [1.54, 1.807) is 12.1 Å². The first-order valence-corrected chi connectivity index (χ1v) is 28.9. The summed E-state index contributed by atoms with van der Waals surface area (Å²) in [6.45, 7) is 8.53. The van der Waals surface area contributed by atoms with E-state index in [-0.39, 0.29) is 60.4 Å².